The molecule has 4 heteroatoms. The summed E-state index contributed by atoms with van der Waals surface area (Å²) in [5.41, 5.74) is 1.94. The van der Waals surface area contributed by atoms with E-state index in [9.17, 15) is 4.79 Å². The SMILES string of the molecule is CC(=O)Oc1cc(C(C)C)c(OC(C)N(C)C)cc1C. The number of hydrogen-bond donors (Lipinski definition) is 0. The molecule has 1 aromatic rings. The van der Waals surface area contributed by atoms with E-state index in [0.717, 1.165) is 16.9 Å². The average Bonchev–Trinajstić information content (AvgIpc) is 2.31. The van der Waals surface area contributed by atoms with E-state index >= 15 is 0 Å². The first-order valence-corrected chi connectivity index (χ1v) is 6.88. The molecule has 0 bridgehead atoms. The smallest absolute Gasteiger partial charge is 0.308 e. The largest absolute Gasteiger partial charge is 0.475 e. The number of carbonyl (C=O) groups excluding carboxylic acids is 1. The van der Waals surface area contributed by atoms with E-state index in [0.29, 0.717) is 5.75 Å². The van der Waals surface area contributed by atoms with Gasteiger partial charge in [0.15, 0.2) is 0 Å². The molecule has 0 aromatic heterocycles. The Balaban J connectivity index is 3.17. The van der Waals surface area contributed by atoms with E-state index in [1.807, 2.05) is 45.0 Å². The second-order valence-corrected chi connectivity index (χ2v) is 5.58. The van der Waals surface area contributed by atoms with E-state index in [-0.39, 0.29) is 18.1 Å². The highest BCUT2D eigenvalue weighted by Crippen LogP contribution is 2.34. The number of hydrogen-bond acceptors (Lipinski definition) is 4. The minimum Gasteiger partial charge on any atom is -0.475 e. The summed E-state index contributed by atoms with van der Waals surface area (Å²) in [6.07, 6.45) is -0.0218. The van der Waals surface area contributed by atoms with Crippen molar-refractivity contribution in [3.8, 4) is 11.5 Å². The fraction of sp³-hybridized carbons (Fsp3) is 0.562. The molecule has 0 amide bonds. The average molecular weight is 279 g/mol. The van der Waals surface area contributed by atoms with E-state index in [2.05, 4.69) is 13.8 Å². The lowest BCUT2D eigenvalue weighted by atomic mass is 9.99. The predicted molar refractivity (Wildman–Crippen MR) is 80.4 cm³/mol. The molecule has 1 rings (SSSR count). The third kappa shape index (κ3) is 4.23. The minimum absolute atomic E-state index is 0.0218. The number of aryl methyl sites for hydroxylation is 1. The molecule has 0 aliphatic carbocycles. The van der Waals surface area contributed by atoms with Crippen LogP contribution >= 0.6 is 0 Å². The van der Waals surface area contributed by atoms with Gasteiger partial charge in [-0.05, 0) is 51.6 Å². The van der Waals surface area contributed by atoms with Crippen molar-refractivity contribution in [1.82, 2.24) is 4.90 Å². The normalized spacial score (nSPS) is 12.7. The first-order valence-electron chi connectivity index (χ1n) is 6.88. The third-order valence-electron chi connectivity index (χ3n) is 3.21. The van der Waals surface area contributed by atoms with Gasteiger partial charge in [0.25, 0.3) is 0 Å². The first kappa shape index (κ1) is 16.5. The van der Waals surface area contributed by atoms with Gasteiger partial charge < -0.3 is 9.47 Å². The Morgan fingerprint density at radius 3 is 2.20 bits per heavy atom. The molecular formula is C16H25NO3. The van der Waals surface area contributed by atoms with Gasteiger partial charge in [-0.15, -0.1) is 0 Å². The molecule has 0 aliphatic rings. The Hall–Kier alpha value is -1.55. The highest BCUT2D eigenvalue weighted by molar-refractivity contribution is 5.70. The van der Waals surface area contributed by atoms with E-state index in [4.69, 9.17) is 9.47 Å². The number of esters is 1. The number of benzene rings is 1. The van der Waals surface area contributed by atoms with Crippen LogP contribution in [0.3, 0.4) is 0 Å². The molecule has 0 aliphatic heterocycles. The van der Waals surface area contributed by atoms with Gasteiger partial charge in [0.05, 0.1) is 0 Å². The van der Waals surface area contributed by atoms with Crippen molar-refractivity contribution in [3.05, 3.63) is 23.3 Å². The zero-order valence-electron chi connectivity index (χ0n) is 13.5. The lowest BCUT2D eigenvalue weighted by molar-refractivity contribution is -0.131. The summed E-state index contributed by atoms with van der Waals surface area (Å²) in [4.78, 5) is 13.1. The van der Waals surface area contributed by atoms with E-state index in [1.54, 1.807) is 0 Å². The van der Waals surface area contributed by atoms with Crippen LogP contribution in [0.2, 0.25) is 0 Å². The Bertz CT molecular complexity index is 481. The maximum absolute atomic E-state index is 11.1. The molecule has 0 radical (unpaired) electrons. The highest BCUT2D eigenvalue weighted by Gasteiger charge is 2.16. The molecule has 0 saturated carbocycles. The molecule has 0 fully saturated rings. The predicted octanol–water partition coefficient (Wildman–Crippen LogP) is 3.33. The van der Waals surface area contributed by atoms with Crippen molar-refractivity contribution in [1.29, 1.82) is 0 Å². The maximum Gasteiger partial charge on any atom is 0.308 e. The van der Waals surface area contributed by atoms with E-state index in [1.165, 1.54) is 6.92 Å². The third-order valence-corrected chi connectivity index (χ3v) is 3.21. The van der Waals surface area contributed by atoms with Crippen LogP contribution in [0, 0.1) is 6.92 Å². The van der Waals surface area contributed by atoms with Crippen LogP contribution in [0.15, 0.2) is 12.1 Å². The fourth-order valence-corrected chi connectivity index (χ4v) is 1.78. The highest BCUT2D eigenvalue weighted by atomic mass is 16.5. The fourth-order valence-electron chi connectivity index (χ4n) is 1.78. The zero-order valence-corrected chi connectivity index (χ0v) is 13.5. The maximum atomic E-state index is 11.1. The van der Waals surface area contributed by atoms with Gasteiger partial charge in [-0.25, -0.2) is 0 Å². The zero-order chi connectivity index (χ0) is 15.4. The molecule has 0 spiro atoms. The van der Waals surface area contributed by atoms with Gasteiger partial charge in [-0.3, -0.25) is 9.69 Å². The molecule has 1 atom stereocenters. The van der Waals surface area contributed by atoms with Crippen molar-refractivity contribution in [2.24, 2.45) is 0 Å². The monoisotopic (exact) mass is 279 g/mol. The van der Waals surface area contributed by atoms with Gasteiger partial charge >= 0.3 is 5.97 Å². The summed E-state index contributed by atoms with van der Waals surface area (Å²) in [6.45, 7) is 9.51. The van der Waals surface area contributed by atoms with Gasteiger partial charge in [-0.2, -0.15) is 0 Å². The number of ether oxygens (including phenoxy) is 2. The molecule has 0 N–H and O–H groups in total. The number of carbonyl (C=O) groups is 1. The first-order chi connectivity index (χ1) is 9.22. The molecule has 4 nitrogen and oxygen atoms in total. The number of nitrogens with zero attached hydrogens (tertiary/aromatic N) is 1. The molecule has 0 saturated heterocycles. The molecule has 1 unspecified atom stereocenters. The molecular weight excluding hydrogens is 254 g/mol. The van der Waals surface area contributed by atoms with Crippen LogP contribution in [0.25, 0.3) is 0 Å². The van der Waals surface area contributed by atoms with Crippen molar-refractivity contribution in [2.75, 3.05) is 14.1 Å². The van der Waals surface area contributed by atoms with Crippen molar-refractivity contribution in [3.63, 3.8) is 0 Å². The van der Waals surface area contributed by atoms with Crippen molar-refractivity contribution in [2.45, 2.75) is 46.8 Å². The van der Waals surface area contributed by atoms with Crippen LogP contribution in [-0.2, 0) is 4.79 Å². The Kier molecular flexibility index (Phi) is 5.57. The summed E-state index contributed by atoms with van der Waals surface area (Å²) >= 11 is 0. The quantitative estimate of drug-likeness (QED) is 0.471. The van der Waals surface area contributed by atoms with Gasteiger partial charge in [0.2, 0.25) is 0 Å². The molecule has 1 aromatic carbocycles. The summed E-state index contributed by atoms with van der Waals surface area (Å²) < 4.78 is 11.2. The molecule has 0 heterocycles. The van der Waals surface area contributed by atoms with Crippen LogP contribution in [0.1, 0.15) is 44.7 Å². The summed E-state index contributed by atoms with van der Waals surface area (Å²) in [5, 5.41) is 0. The van der Waals surface area contributed by atoms with Crippen molar-refractivity contribution >= 4 is 5.97 Å². The summed E-state index contributed by atoms with van der Waals surface area (Å²) in [6, 6.07) is 3.84. The standard InChI is InChI=1S/C16H25NO3/c1-10(2)14-9-15(20-13(5)18)11(3)8-16(14)19-12(4)17(6)7/h8-10,12H,1-7H3. The molecule has 112 valence electrons. The summed E-state index contributed by atoms with van der Waals surface area (Å²) in [5.74, 6) is 1.42. The number of rotatable bonds is 5. The van der Waals surface area contributed by atoms with Crippen LogP contribution in [0.5, 0.6) is 11.5 Å². The lowest BCUT2D eigenvalue weighted by Gasteiger charge is -2.24. The van der Waals surface area contributed by atoms with Crippen LogP contribution in [0.4, 0.5) is 0 Å². The molecule has 20 heavy (non-hydrogen) atoms. The Labute approximate surface area is 121 Å². The lowest BCUT2D eigenvalue weighted by Crippen LogP contribution is -2.30. The van der Waals surface area contributed by atoms with Crippen LogP contribution < -0.4 is 9.47 Å². The minimum atomic E-state index is -0.307. The van der Waals surface area contributed by atoms with Gasteiger partial charge in [0.1, 0.15) is 17.7 Å². The Morgan fingerprint density at radius 1 is 1.15 bits per heavy atom. The topological polar surface area (TPSA) is 38.8 Å². The summed E-state index contributed by atoms with van der Waals surface area (Å²) in [7, 11) is 3.94. The van der Waals surface area contributed by atoms with Gasteiger partial charge in [-0.1, -0.05) is 13.8 Å². The van der Waals surface area contributed by atoms with Crippen molar-refractivity contribution < 1.29 is 14.3 Å². The second-order valence-electron chi connectivity index (χ2n) is 5.58. The van der Waals surface area contributed by atoms with Gasteiger partial charge in [0, 0.05) is 12.5 Å². The van der Waals surface area contributed by atoms with E-state index < -0.39 is 0 Å². The van der Waals surface area contributed by atoms with Crippen LogP contribution in [-0.4, -0.2) is 31.2 Å². The Morgan fingerprint density at radius 2 is 1.75 bits per heavy atom. The second kappa shape index (κ2) is 6.75.